The van der Waals surface area contributed by atoms with E-state index in [1.165, 1.54) is 0 Å². The summed E-state index contributed by atoms with van der Waals surface area (Å²) in [5.41, 5.74) is 6.96. The van der Waals surface area contributed by atoms with Crippen LogP contribution in [0.1, 0.15) is 19.0 Å². The number of hydrogen-bond donors (Lipinski definition) is 1. The summed E-state index contributed by atoms with van der Waals surface area (Å²) < 4.78 is 0. The first kappa shape index (κ1) is 11.1. The highest BCUT2D eigenvalue weighted by Crippen LogP contribution is 1.99. The predicted molar refractivity (Wildman–Crippen MR) is 58.8 cm³/mol. The Hall–Kier alpha value is -0.930. The molecule has 1 aromatic rings. The maximum atomic E-state index is 5.87. The van der Waals surface area contributed by atoms with Crippen molar-refractivity contribution in [1.29, 1.82) is 0 Å². The van der Waals surface area contributed by atoms with Gasteiger partial charge < -0.3 is 5.73 Å². The topological polar surface area (TPSA) is 42.1 Å². The van der Waals surface area contributed by atoms with E-state index in [4.69, 9.17) is 5.73 Å². The molecule has 0 spiro atoms. The summed E-state index contributed by atoms with van der Waals surface area (Å²) in [6.07, 6.45) is 2.84. The van der Waals surface area contributed by atoms with Gasteiger partial charge in [0, 0.05) is 25.3 Å². The minimum Gasteiger partial charge on any atom is -0.327 e. The molecule has 0 aliphatic rings. The molecule has 0 radical (unpaired) electrons. The Morgan fingerprint density at radius 1 is 1.50 bits per heavy atom. The van der Waals surface area contributed by atoms with Gasteiger partial charge in [-0.3, -0.25) is 9.88 Å². The molecule has 0 bridgehead atoms. The molecule has 2 N–H and O–H groups in total. The third-order valence-corrected chi connectivity index (χ3v) is 2.23. The molecular weight excluding hydrogens is 174 g/mol. The van der Waals surface area contributed by atoms with Crippen molar-refractivity contribution in [2.45, 2.75) is 25.9 Å². The van der Waals surface area contributed by atoms with Crippen LogP contribution in [0.2, 0.25) is 0 Å². The summed E-state index contributed by atoms with van der Waals surface area (Å²) in [6, 6.07) is 6.24. The molecule has 0 aliphatic carbocycles. The van der Waals surface area contributed by atoms with Crippen LogP contribution in [0.5, 0.6) is 0 Å². The van der Waals surface area contributed by atoms with Crippen LogP contribution in [0.3, 0.4) is 0 Å². The van der Waals surface area contributed by atoms with Crippen LogP contribution in [-0.4, -0.2) is 29.5 Å². The summed E-state index contributed by atoms with van der Waals surface area (Å²) in [4.78, 5) is 6.47. The summed E-state index contributed by atoms with van der Waals surface area (Å²) in [5.74, 6) is 0. The Morgan fingerprint density at radius 2 is 2.29 bits per heavy atom. The number of likely N-dealkylation sites (N-methyl/N-ethyl adjacent to an activating group) is 1. The number of aromatic nitrogens is 1. The highest BCUT2D eigenvalue weighted by Gasteiger charge is 2.05. The molecule has 0 amide bonds. The lowest BCUT2D eigenvalue weighted by molar-refractivity contribution is 0.297. The number of rotatable bonds is 5. The fourth-order valence-corrected chi connectivity index (χ4v) is 1.36. The monoisotopic (exact) mass is 193 g/mol. The van der Waals surface area contributed by atoms with E-state index in [1.54, 1.807) is 0 Å². The molecule has 0 saturated carbocycles. The zero-order chi connectivity index (χ0) is 10.4. The highest BCUT2D eigenvalue weighted by atomic mass is 15.1. The van der Waals surface area contributed by atoms with Crippen LogP contribution in [-0.2, 0) is 6.54 Å². The van der Waals surface area contributed by atoms with Crippen molar-refractivity contribution in [3.05, 3.63) is 30.1 Å². The largest absolute Gasteiger partial charge is 0.327 e. The molecule has 14 heavy (non-hydrogen) atoms. The minimum absolute atomic E-state index is 0.267. The fourth-order valence-electron chi connectivity index (χ4n) is 1.36. The summed E-state index contributed by atoms with van der Waals surface area (Å²) in [7, 11) is 2.07. The van der Waals surface area contributed by atoms with E-state index in [9.17, 15) is 0 Å². The van der Waals surface area contributed by atoms with Gasteiger partial charge in [-0.05, 0) is 25.6 Å². The van der Waals surface area contributed by atoms with E-state index in [0.29, 0.717) is 0 Å². The molecule has 78 valence electrons. The highest BCUT2D eigenvalue weighted by molar-refractivity contribution is 5.03. The van der Waals surface area contributed by atoms with E-state index >= 15 is 0 Å². The molecule has 3 heteroatoms. The first-order chi connectivity index (χ1) is 6.72. The predicted octanol–water partition coefficient (Wildman–Crippen LogP) is 1.25. The van der Waals surface area contributed by atoms with Gasteiger partial charge >= 0.3 is 0 Å². The van der Waals surface area contributed by atoms with Crippen LogP contribution >= 0.6 is 0 Å². The third kappa shape index (κ3) is 3.85. The molecular formula is C11H19N3. The van der Waals surface area contributed by atoms with Crippen LogP contribution in [0.15, 0.2) is 24.4 Å². The van der Waals surface area contributed by atoms with Gasteiger partial charge in [-0.15, -0.1) is 0 Å². The van der Waals surface area contributed by atoms with Crippen molar-refractivity contribution >= 4 is 0 Å². The van der Waals surface area contributed by atoms with Crippen LogP contribution in [0, 0.1) is 0 Å². The standard InChI is InChI=1S/C11H19N3/c1-3-10(12)8-14(2)9-11-6-4-5-7-13-11/h4-7,10H,3,8-9,12H2,1-2H3. The maximum Gasteiger partial charge on any atom is 0.0543 e. The van der Waals surface area contributed by atoms with Gasteiger partial charge in [-0.25, -0.2) is 0 Å². The first-order valence-corrected chi connectivity index (χ1v) is 5.06. The molecule has 0 aromatic carbocycles. The van der Waals surface area contributed by atoms with Crippen molar-refractivity contribution in [2.75, 3.05) is 13.6 Å². The number of hydrogen-bond acceptors (Lipinski definition) is 3. The van der Waals surface area contributed by atoms with Crippen LogP contribution < -0.4 is 5.73 Å². The summed E-state index contributed by atoms with van der Waals surface area (Å²) in [5, 5.41) is 0. The van der Waals surface area contributed by atoms with Gasteiger partial charge in [0.05, 0.1) is 5.69 Å². The Labute approximate surface area is 85.9 Å². The quantitative estimate of drug-likeness (QED) is 0.765. The van der Waals surface area contributed by atoms with Crippen LogP contribution in [0.4, 0.5) is 0 Å². The molecule has 0 saturated heterocycles. The molecule has 1 heterocycles. The lowest BCUT2D eigenvalue weighted by Crippen LogP contribution is -2.34. The fraction of sp³-hybridized carbons (Fsp3) is 0.545. The second-order valence-corrected chi connectivity index (χ2v) is 3.69. The van der Waals surface area contributed by atoms with E-state index in [-0.39, 0.29) is 6.04 Å². The normalized spacial score (nSPS) is 13.1. The molecule has 0 aliphatic heterocycles. The summed E-state index contributed by atoms with van der Waals surface area (Å²) >= 11 is 0. The molecule has 1 aromatic heterocycles. The molecule has 1 atom stereocenters. The molecule has 3 nitrogen and oxygen atoms in total. The number of pyridine rings is 1. The lowest BCUT2D eigenvalue weighted by atomic mass is 10.2. The molecule has 1 unspecified atom stereocenters. The minimum atomic E-state index is 0.267. The van der Waals surface area contributed by atoms with E-state index < -0.39 is 0 Å². The average molecular weight is 193 g/mol. The van der Waals surface area contributed by atoms with E-state index in [2.05, 4.69) is 23.9 Å². The van der Waals surface area contributed by atoms with Crippen molar-refractivity contribution in [2.24, 2.45) is 5.73 Å². The van der Waals surface area contributed by atoms with Gasteiger partial charge in [0.15, 0.2) is 0 Å². The van der Waals surface area contributed by atoms with Gasteiger partial charge in [0.25, 0.3) is 0 Å². The van der Waals surface area contributed by atoms with E-state index in [1.807, 2.05) is 24.4 Å². The smallest absolute Gasteiger partial charge is 0.0543 e. The van der Waals surface area contributed by atoms with Crippen LogP contribution in [0.25, 0.3) is 0 Å². The number of nitrogens with zero attached hydrogens (tertiary/aromatic N) is 2. The molecule has 1 rings (SSSR count). The second kappa shape index (κ2) is 5.73. The van der Waals surface area contributed by atoms with E-state index in [0.717, 1.165) is 25.2 Å². The zero-order valence-corrected chi connectivity index (χ0v) is 8.98. The SMILES string of the molecule is CCC(N)CN(C)Cc1ccccn1. The Bertz CT molecular complexity index is 248. The van der Waals surface area contributed by atoms with Gasteiger partial charge in [-0.1, -0.05) is 13.0 Å². The van der Waals surface area contributed by atoms with Crippen molar-refractivity contribution in [1.82, 2.24) is 9.88 Å². The average Bonchev–Trinajstić information content (AvgIpc) is 2.19. The third-order valence-electron chi connectivity index (χ3n) is 2.23. The first-order valence-electron chi connectivity index (χ1n) is 5.06. The Morgan fingerprint density at radius 3 is 2.86 bits per heavy atom. The summed E-state index contributed by atoms with van der Waals surface area (Å²) in [6.45, 7) is 3.90. The van der Waals surface area contributed by atoms with Gasteiger partial charge in [0.1, 0.15) is 0 Å². The second-order valence-electron chi connectivity index (χ2n) is 3.69. The van der Waals surface area contributed by atoms with Gasteiger partial charge in [-0.2, -0.15) is 0 Å². The van der Waals surface area contributed by atoms with Crippen molar-refractivity contribution in [3.63, 3.8) is 0 Å². The zero-order valence-electron chi connectivity index (χ0n) is 8.98. The Balaban J connectivity index is 2.37. The van der Waals surface area contributed by atoms with Crippen molar-refractivity contribution in [3.8, 4) is 0 Å². The number of nitrogens with two attached hydrogens (primary N) is 1. The van der Waals surface area contributed by atoms with Gasteiger partial charge in [0.2, 0.25) is 0 Å². The molecule has 0 fully saturated rings. The lowest BCUT2D eigenvalue weighted by Gasteiger charge is -2.19. The maximum absolute atomic E-state index is 5.87. The van der Waals surface area contributed by atoms with Crippen molar-refractivity contribution < 1.29 is 0 Å². The Kier molecular flexibility index (Phi) is 4.56.